The predicted molar refractivity (Wildman–Crippen MR) is 151 cm³/mol. The van der Waals surface area contributed by atoms with E-state index in [-0.39, 0.29) is 30.2 Å². The predicted octanol–water partition coefficient (Wildman–Crippen LogP) is 6.29. The van der Waals surface area contributed by atoms with E-state index in [1.54, 1.807) is 48.4 Å². The lowest BCUT2D eigenvalue weighted by atomic mass is 9.94. The average Bonchev–Trinajstić information content (AvgIpc) is 3.41. The van der Waals surface area contributed by atoms with E-state index in [1.807, 2.05) is 23.2 Å². The van der Waals surface area contributed by atoms with Gasteiger partial charge in [0.15, 0.2) is 0 Å². The summed E-state index contributed by atoms with van der Waals surface area (Å²) in [6.07, 6.45) is 9.13. The molecule has 2 amide bonds. The molecule has 0 N–H and O–H groups in total. The zero-order chi connectivity index (χ0) is 27.6. The summed E-state index contributed by atoms with van der Waals surface area (Å²) in [6.45, 7) is 3.76. The van der Waals surface area contributed by atoms with Crippen molar-refractivity contribution in [2.24, 2.45) is 0 Å². The van der Waals surface area contributed by atoms with Crippen LogP contribution in [0.2, 0.25) is 0 Å². The molecule has 0 atom stereocenters. The Morgan fingerprint density at radius 2 is 1.72 bits per heavy atom. The molecule has 1 aliphatic carbocycles. The smallest absolute Gasteiger partial charge is 0.254 e. The van der Waals surface area contributed by atoms with Crippen LogP contribution in [0.1, 0.15) is 73.5 Å². The van der Waals surface area contributed by atoms with Crippen LogP contribution in [0.25, 0.3) is 0 Å². The van der Waals surface area contributed by atoms with Crippen molar-refractivity contribution in [2.45, 2.75) is 71.0 Å². The van der Waals surface area contributed by atoms with E-state index >= 15 is 0 Å². The third kappa shape index (κ3) is 7.71. The van der Waals surface area contributed by atoms with Gasteiger partial charge in [0.1, 0.15) is 18.1 Å². The molecule has 1 fully saturated rings. The fourth-order valence-electron chi connectivity index (χ4n) is 5.29. The second-order valence-electron chi connectivity index (χ2n) is 10.4. The molecule has 0 spiro atoms. The van der Waals surface area contributed by atoms with E-state index in [2.05, 4.69) is 11.5 Å². The Morgan fingerprint density at radius 3 is 2.38 bits per heavy atom. The zero-order valence-electron chi connectivity index (χ0n) is 23.2. The lowest BCUT2D eigenvalue weighted by Gasteiger charge is -2.36. The van der Waals surface area contributed by atoms with Gasteiger partial charge in [-0.2, -0.15) is 0 Å². The fraction of sp³-hybridized carbons (Fsp3) is 0.438. The van der Waals surface area contributed by atoms with Crippen LogP contribution < -0.4 is 4.74 Å². The van der Waals surface area contributed by atoms with Crippen LogP contribution in [0.15, 0.2) is 66.9 Å². The van der Waals surface area contributed by atoms with Crippen molar-refractivity contribution < 1.29 is 18.7 Å². The number of hydrogen-bond acceptors (Lipinski definition) is 3. The highest BCUT2D eigenvalue weighted by atomic mass is 19.1. The third-order valence-electron chi connectivity index (χ3n) is 7.59. The monoisotopic (exact) mass is 533 g/mol. The van der Waals surface area contributed by atoms with E-state index in [1.165, 1.54) is 18.6 Å². The topological polar surface area (TPSA) is 54.8 Å². The van der Waals surface area contributed by atoms with Crippen molar-refractivity contribution in [1.29, 1.82) is 0 Å². The molecule has 1 aromatic heterocycles. The van der Waals surface area contributed by atoms with Gasteiger partial charge in [0.25, 0.3) is 5.91 Å². The molecule has 0 aliphatic heterocycles. The molecule has 0 saturated heterocycles. The summed E-state index contributed by atoms with van der Waals surface area (Å²) >= 11 is 0. The highest BCUT2D eigenvalue weighted by Crippen LogP contribution is 2.25. The van der Waals surface area contributed by atoms with Crippen molar-refractivity contribution in [3.8, 4) is 5.75 Å². The Kier molecular flexibility index (Phi) is 10.2. The largest absolute Gasteiger partial charge is 0.497 e. The van der Waals surface area contributed by atoms with Gasteiger partial charge in [0.2, 0.25) is 5.91 Å². The van der Waals surface area contributed by atoms with Gasteiger partial charge in [-0.25, -0.2) is 4.39 Å². The highest BCUT2D eigenvalue weighted by Gasteiger charge is 2.29. The molecule has 6 nitrogen and oxygen atoms in total. The third-order valence-corrected chi connectivity index (χ3v) is 7.59. The van der Waals surface area contributed by atoms with Gasteiger partial charge in [0.05, 0.1) is 13.7 Å². The van der Waals surface area contributed by atoms with Crippen LogP contribution in [0.4, 0.5) is 4.39 Å². The van der Waals surface area contributed by atoms with E-state index in [0.717, 1.165) is 49.8 Å². The quantitative estimate of drug-likeness (QED) is 0.275. The van der Waals surface area contributed by atoms with Gasteiger partial charge in [-0.05, 0) is 73.4 Å². The molecule has 39 heavy (non-hydrogen) atoms. The standard InChI is InChI=1S/C32H40FN3O3/c1-3-4-20-35(32(38)26-14-18-30(39-2)19-15-26)24-31(37)36(28-9-6-5-7-10-28)23-29-11-8-21-34(29)22-25-12-16-27(33)17-13-25/h8,11-19,21,28H,3-7,9-10,20,22-24H2,1-2H3. The summed E-state index contributed by atoms with van der Waals surface area (Å²) < 4.78 is 20.8. The number of methoxy groups -OCH3 is 1. The maximum atomic E-state index is 13.9. The number of halogens is 1. The number of aromatic nitrogens is 1. The summed E-state index contributed by atoms with van der Waals surface area (Å²) in [5.41, 5.74) is 2.58. The molecular formula is C32H40FN3O3. The molecule has 0 unspecified atom stereocenters. The fourth-order valence-corrected chi connectivity index (χ4v) is 5.29. The van der Waals surface area contributed by atoms with Gasteiger partial charge in [-0.1, -0.05) is 44.7 Å². The van der Waals surface area contributed by atoms with Crippen molar-refractivity contribution in [3.63, 3.8) is 0 Å². The minimum atomic E-state index is -0.252. The summed E-state index contributed by atoms with van der Waals surface area (Å²) in [5.74, 6) is 0.282. The average molecular weight is 534 g/mol. The Balaban J connectivity index is 1.53. The van der Waals surface area contributed by atoms with Crippen LogP contribution in [0.3, 0.4) is 0 Å². The van der Waals surface area contributed by atoms with Crippen LogP contribution in [0.5, 0.6) is 5.75 Å². The molecule has 0 radical (unpaired) electrons. The number of carbonyl (C=O) groups is 2. The van der Waals surface area contributed by atoms with Crippen LogP contribution in [-0.4, -0.2) is 52.4 Å². The normalized spacial score (nSPS) is 13.7. The molecule has 2 aromatic carbocycles. The molecule has 1 aliphatic rings. The second kappa shape index (κ2) is 14.0. The van der Waals surface area contributed by atoms with Gasteiger partial charge in [-0.15, -0.1) is 0 Å². The SMILES string of the molecule is CCCCN(CC(=O)N(Cc1cccn1Cc1ccc(F)cc1)C1CCCCC1)C(=O)c1ccc(OC)cc1. The van der Waals surface area contributed by atoms with E-state index in [4.69, 9.17) is 4.74 Å². The number of carbonyl (C=O) groups excluding carboxylic acids is 2. The van der Waals surface area contributed by atoms with Gasteiger partial charge >= 0.3 is 0 Å². The number of ether oxygens (including phenoxy) is 1. The lowest BCUT2D eigenvalue weighted by molar-refractivity contribution is -0.135. The minimum absolute atomic E-state index is 0.0191. The number of hydrogen-bond donors (Lipinski definition) is 0. The Hall–Kier alpha value is -3.61. The Labute approximate surface area is 231 Å². The number of nitrogens with zero attached hydrogens (tertiary/aromatic N) is 3. The van der Waals surface area contributed by atoms with Crippen LogP contribution >= 0.6 is 0 Å². The summed E-state index contributed by atoms with van der Waals surface area (Å²) in [4.78, 5) is 31.1. The molecule has 3 aromatic rings. The number of benzene rings is 2. The molecule has 208 valence electrons. The number of amides is 2. The summed E-state index contributed by atoms with van der Waals surface area (Å²) in [7, 11) is 1.60. The summed E-state index contributed by atoms with van der Waals surface area (Å²) in [6, 6.07) is 17.8. The molecule has 0 bridgehead atoms. The van der Waals surface area contributed by atoms with E-state index in [0.29, 0.717) is 30.9 Å². The first kappa shape index (κ1) is 28.4. The second-order valence-corrected chi connectivity index (χ2v) is 10.4. The molecule has 7 heteroatoms. The van der Waals surface area contributed by atoms with Gasteiger partial charge in [-0.3, -0.25) is 9.59 Å². The van der Waals surface area contributed by atoms with Crippen molar-refractivity contribution in [2.75, 3.05) is 20.2 Å². The van der Waals surface area contributed by atoms with Crippen LogP contribution in [0, 0.1) is 5.82 Å². The Morgan fingerprint density at radius 1 is 1.00 bits per heavy atom. The van der Waals surface area contributed by atoms with Crippen LogP contribution in [-0.2, 0) is 17.9 Å². The lowest BCUT2D eigenvalue weighted by Crippen LogP contribution is -2.47. The first-order valence-electron chi connectivity index (χ1n) is 14.1. The molecule has 4 rings (SSSR count). The maximum Gasteiger partial charge on any atom is 0.254 e. The van der Waals surface area contributed by atoms with Gasteiger partial charge in [0, 0.05) is 36.6 Å². The number of rotatable bonds is 12. The maximum absolute atomic E-state index is 13.9. The first-order chi connectivity index (χ1) is 19.0. The highest BCUT2D eigenvalue weighted by molar-refractivity contribution is 5.96. The number of unbranched alkanes of at least 4 members (excludes halogenated alkanes) is 1. The van der Waals surface area contributed by atoms with E-state index in [9.17, 15) is 14.0 Å². The van der Waals surface area contributed by atoms with Crippen molar-refractivity contribution >= 4 is 11.8 Å². The Bertz CT molecular complexity index is 1200. The zero-order valence-corrected chi connectivity index (χ0v) is 23.2. The first-order valence-corrected chi connectivity index (χ1v) is 14.1. The molecule has 1 heterocycles. The van der Waals surface area contributed by atoms with E-state index < -0.39 is 0 Å². The van der Waals surface area contributed by atoms with Crippen molar-refractivity contribution in [1.82, 2.24) is 14.4 Å². The molecule has 1 saturated carbocycles. The summed E-state index contributed by atoms with van der Waals surface area (Å²) in [5, 5.41) is 0. The molecular weight excluding hydrogens is 493 g/mol. The minimum Gasteiger partial charge on any atom is -0.497 e. The van der Waals surface area contributed by atoms with Gasteiger partial charge < -0.3 is 19.1 Å². The van der Waals surface area contributed by atoms with Crippen molar-refractivity contribution in [3.05, 3.63) is 89.5 Å².